The van der Waals surface area contributed by atoms with E-state index in [1.54, 1.807) is 25.3 Å². The number of ether oxygens (including phenoxy) is 1. The van der Waals surface area contributed by atoms with Crippen molar-refractivity contribution >= 4 is 29.0 Å². The average molecular weight is 276 g/mol. The number of hydrogen-bond donors (Lipinski definition) is 1. The third kappa shape index (κ3) is 5.50. The zero-order valence-electron chi connectivity index (χ0n) is 9.63. The molecule has 0 heterocycles. The Morgan fingerprint density at radius 2 is 2.18 bits per heavy atom. The first-order chi connectivity index (χ1) is 8.13. The van der Waals surface area contributed by atoms with E-state index in [0.717, 1.165) is 5.56 Å². The summed E-state index contributed by atoms with van der Waals surface area (Å²) in [5.74, 6) is 0.0743. The topological polar surface area (TPSA) is 38.3 Å². The minimum atomic E-state index is 0.0743. The molecule has 0 aliphatic rings. The van der Waals surface area contributed by atoms with Crippen LogP contribution in [0.3, 0.4) is 0 Å². The van der Waals surface area contributed by atoms with Crippen molar-refractivity contribution in [2.45, 2.75) is 6.42 Å². The van der Waals surface area contributed by atoms with Crippen LogP contribution in [0.5, 0.6) is 0 Å². The number of benzene rings is 1. The molecule has 94 valence electrons. The van der Waals surface area contributed by atoms with Crippen molar-refractivity contribution in [3.05, 3.63) is 33.8 Å². The molecule has 0 aliphatic carbocycles. The smallest absolute Gasteiger partial charge is 0.151 e. The molecule has 1 aromatic carbocycles. The van der Waals surface area contributed by atoms with Crippen molar-refractivity contribution < 1.29 is 9.53 Å². The van der Waals surface area contributed by atoms with Gasteiger partial charge in [-0.3, -0.25) is 4.79 Å². The van der Waals surface area contributed by atoms with Gasteiger partial charge in [-0.25, -0.2) is 0 Å². The number of ketones is 1. The molecule has 0 aromatic heterocycles. The molecule has 3 nitrogen and oxygen atoms in total. The van der Waals surface area contributed by atoms with Gasteiger partial charge in [-0.2, -0.15) is 0 Å². The van der Waals surface area contributed by atoms with Crippen molar-refractivity contribution in [1.29, 1.82) is 0 Å². The quantitative estimate of drug-likeness (QED) is 0.777. The Morgan fingerprint density at radius 1 is 1.41 bits per heavy atom. The van der Waals surface area contributed by atoms with Crippen LogP contribution in [0, 0.1) is 0 Å². The van der Waals surface area contributed by atoms with E-state index in [1.165, 1.54) is 0 Å². The van der Waals surface area contributed by atoms with Gasteiger partial charge in [0.25, 0.3) is 0 Å². The highest BCUT2D eigenvalue weighted by Crippen LogP contribution is 2.21. The summed E-state index contributed by atoms with van der Waals surface area (Å²) in [5.41, 5.74) is 0.762. The molecule has 0 aliphatic heterocycles. The molecule has 1 N–H and O–H groups in total. The number of Topliss-reactive ketones (excluding diaryl/α,β-unsaturated/α-hetero) is 1. The molecule has 0 spiro atoms. The lowest BCUT2D eigenvalue weighted by Crippen LogP contribution is -2.27. The van der Waals surface area contributed by atoms with Crippen LogP contribution in [0.15, 0.2) is 18.2 Å². The highest BCUT2D eigenvalue weighted by atomic mass is 35.5. The zero-order valence-corrected chi connectivity index (χ0v) is 11.1. The monoisotopic (exact) mass is 275 g/mol. The summed E-state index contributed by atoms with van der Waals surface area (Å²) < 4.78 is 4.86. The number of rotatable bonds is 7. The molecule has 0 fully saturated rings. The van der Waals surface area contributed by atoms with Crippen molar-refractivity contribution in [2.75, 3.05) is 26.8 Å². The highest BCUT2D eigenvalue weighted by Gasteiger charge is 2.07. The van der Waals surface area contributed by atoms with Crippen molar-refractivity contribution in [3.63, 3.8) is 0 Å². The summed E-state index contributed by atoms with van der Waals surface area (Å²) in [6, 6.07) is 5.12. The maximum Gasteiger partial charge on any atom is 0.151 e. The van der Waals surface area contributed by atoms with E-state index in [4.69, 9.17) is 27.9 Å². The number of nitrogens with one attached hydrogen (secondary N) is 1. The number of carbonyl (C=O) groups excluding carboxylic acids is 1. The van der Waals surface area contributed by atoms with Crippen LogP contribution in [-0.2, 0) is 16.0 Å². The second-order valence-electron chi connectivity index (χ2n) is 3.62. The van der Waals surface area contributed by atoms with Gasteiger partial charge in [-0.05, 0) is 23.8 Å². The van der Waals surface area contributed by atoms with E-state index in [1.807, 2.05) is 0 Å². The van der Waals surface area contributed by atoms with E-state index in [9.17, 15) is 4.79 Å². The minimum absolute atomic E-state index is 0.0743. The van der Waals surface area contributed by atoms with Crippen LogP contribution in [0.4, 0.5) is 0 Å². The number of hydrogen-bond acceptors (Lipinski definition) is 3. The first kappa shape index (κ1) is 14.5. The largest absolute Gasteiger partial charge is 0.383 e. The van der Waals surface area contributed by atoms with Crippen LogP contribution in [0.2, 0.25) is 10.0 Å². The SMILES string of the molecule is COCCNCC(=O)Cc1cc(Cl)ccc1Cl. The maximum absolute atomic E-state index is 11.6. The molecule has 0 saturated heterocycles. The van der Waals surface area contributed by atoms with E-state index in [2.05, 4.69) is 5.32 Å². The van der Waals surface area contributed by atoms with Gasteiger partial charge in [0.15, 0.2) is 5.78 Å². The average Bonchev–Trinajstić information content (AvgIpc) is 2.29. The van der Waals surface area contributed by atoms with Crippen molar-refractivity contribution in [2.24, 2.45) is 0 Å². The molecule has 1 rings (SSSR count). The van der Waals surface area contributed by atoms with Gasteiger partial charge in [-0.15, -0.1) is 0 Å². The fraction of sp³-hybridized carbons (Fsp3) is 0.417. The molecule has 0 unspecified atom stereocenters. The second kappa shape index (κ2) is 7.67. The van der Waals surface area contributed by atoms with Crippen molar-refractivity contribution in [1.82, 2.24) is 5.32 Å². The standard InChI is InChI=1S/C12H15Cl2NO2/c1-17-5-4-15-8-11(16)7-9-6-10(13)2-3-12(9)14/h2-3,6,15H,4-5,7-8H2,1H3. The third-order valence-electron chi connectivity index (χ3n) is 2.20. The lowest BCUT2D eigenvalue weighted by Gasteiger charge is -2.05. The first-order valence-electron chi connectivity index (χ1n) is 5.28. The Balaban J connectivity index is 2.42. The van der Waals surface area contributed by atoms with E-state index < -0.39 is 0 Å². The van der Waals surface area contributed by atoms with Crippen molar-refractivity contribution in [3.8, 4) is 0 Å². The summed E-state index contributed by atoms with van der Waals surface area (Å²) >= 11 is 11.8. The van der Waals surface area contributed by atoms with Crippen LogP contribution in [0.1, 0.15) is 5.56 Å². The molecule has 0 atom stereocenters. The lowest BCUT2D eigenvalue weighted by atomic mass is 10.1. The molecular formula is C12H15Cl2NO2. The number of methoxy groups -OCH3 is 1. The number of carbonyl (C=O) groups is 1. The van der Waals surface area contributed by atoms with Crippen LogP contribution in [0.25, 0.3) is 0 Å². The van der Waals surface area contributed by atoms with Gasteiger partial charge < -0.3 is 10.1 Å². The number of halogens is 2. The normalized spacial score (nSPS) is 10.5. The van der Waals surface area contributed by atoms with Crippen LogP contribution in [-0.4, -0.2) is 32.6 Å². The summed E-state index contributed by atoms with van der Waals surface area (Å²) in [5, 5.41) is 4.15. The molecule has 1 aromatic rings. The van der Waals surface area contributed by atoms with Crippen LogP contribution >= 0.6 is 23.2 Å². The Hall–Kier alpha value is -0.610. The highest BCUT2D eigenvalue weighted by molar-refractivity contribution is 6.33. The molecular weight excluding hydrogens is 261 g/mol. The minimum Gasteiger partial charge on any atom is -0.383 e. The Morgan fingerprint density at radius 3 is 2.88 bits per heavy atom. The second-order valence-corrected chi connectivity index (χ2v) is 4.46. The molecule has 17 heavy (non-hydrogen) atoms. The molecule has 0 saturated carbocycles. The molecule has 0 amide bonds. The predicted octanol–water partition coefficient (Wildman–Crippen LogP) is 2.34. The fourth-order valence-corrected chi connectivity index (χ4v) is 1.73. The Labute approximate surface area is 111 Å². The summed E-state index contributed by atoms with van der Waals surface area (Å²) in [6.07, 6.45) is 0.291. The maximum atomic E-state index is 11.6. The zero-order chi connectivity index (χ0) is 12.7. The van der Waals surface area contributed by atoms with Gasteiger partial charge in [0, 0.05) is 30.1 Å². The summed E-state index contributed by atoms with van der Waals surface area (Å²) in [4.78, 5) is 11.6. The Bertz CT molecular complexity index is 383. The van der Waals surface area contributed by atoms with E-state index in [-0.39, 0.29) is 5.78 Å². The van der Waals surface area contributed by atoms with Gasteiger partial charge in [0.05, 0.1) is 13.2 Å². The van der Waals surface area contributed by atoms with Gasteiger partial charge in [-0.1, -0.05) is 23.2 Å². The molecule has 0 bridgehead atoms. The van der Waals surface area contributed by atoms with Gasteiger partial charge in [0.2, 0.25) is 0 Å². The van der Waals surface area contributed by atoms with Crippen LogP contribution < -0.4 is 5.32 Å². The summed E-state index contributed by atoms with van der Waals surface area (Å²) in [6.45, 7) is 1.56. The fourth-order valence-electron chi connectivity index (χ4n) is 1.36. The van der Waals surface area contributed by atoms with E-state index in [0.29, 0.717) is 36.2 Å². The summed E-state index contributed by atoms with van der Waals surface area (Å²) in [7, 11) is 1.62. The first-order valence-corrected chi connectivity index (χ1v) is 6.04. The molecule has 0 radical (unpaired) electrons. The predicted molar refractivity (Wildman–Crippen MR) is 69.9 cm³/mol. The van der Waals surface area contributed by atoms with Gasteiger partial charge in [0.1, 0.15) is 0 Å². The Kier molecular flexibility index (Phi) is 6.52. The van der Waals surface area contributed by atoms with Gasteiger partial charge >= 0.3 is 0 Å². The van der Waals surface area contributed by atoms with E-state index >= 15 is 0 Å². The lowest BCUT2D eigenvalue weighted by molar-refractivity contribution is -0.117. The third-order valence-corrected chi connectivity index (χ3v) is 2.80. The molecule has 5 heteroatoms.